The van der Waals surface area contributed by atoms with Crippen LogP contribution in [0.15, 0.2) is 30.5 Å². The van der Waals surface area contributed by atoms with Crippen LogP contribution in [-0.4, -0.2) is 54.3 Å². The van der Waals surface area contributed by atoms with E-state index in [0.29, 0.717) is 11.5 Å². The van der Waals surface area contributed by atoms with Crippen molar-refractivity contribution in [2.45, 2.75) is 6.92 Å². The Morgan fingerprint density at radius 2 is 2.13 bits per heavy atom. The molecular formula is C17H23N5O. The van der Waals surface area contributed by atoms with Crippen LogP contribution < -0.4 is 11.1 Å². The van der Waals surface area contributed by atoms with Gasteiger partial charge in [-0.1, -0.05) is 12.1 Å². The van der Waals surface area contributed by atoms with Crippen molar-refractivity contribution in [3.8, 4) is 11.4 Å². The van der Waals surface area contributed by atoms with Crippen LogP contribution in [0.1, 0.15) is 5.56 Å². The zero-order valence-corrected chi connectivity index (χ0v) is 13.5. The third-order valence-corrected chi connectivity index (χ3v) is 3.94. The first kappa shape index (κ1) is 15.7. The van der Waals surface area contributed by atoms with Crippen LogP contribution >= 0.6 is 0 Å². The van der Waals surface area contributed by atoms with Crippen molar-refractivity contribution in [1.29, 1.82) is 0 Å². The van der Waals surface area contributed by atoms with Gasteiger partial charge in [-0.2, -0.15) is 0 Å². The molecule has 1 aliphatic rings. The second kappa shape index (κ2) is 7.39. The van der Waals surface area contributed by atoms with E-state index in [9.17, 15) is 0 Å². The predicted octanol–water partition coefficient (Wildman–Crippen LogP) is 1.78. The van der Waals surface area contributed by atoms with Crippen LogP contribution in [0, 0.1) is 6.92 Å². The van der Waals surface area contributed by atoms with Gasteiger partial charge in [-0.05, 0) is 19.1 Å². The van der Waals surface area contributed by atoms with Crippen molar-refractivity contribution >= 4 is 11.5 Å². The summed E-state index contributed by atoms with van der Waals surface area (Å²) in [7, 11) is 0. The first-order valence-electron chi connectivity index (χ1n) is 7.96. The second-order valence-electron chi connectivity index (χ2n) is 5.73. The number of hydrogen-bond acceptors (Lipinski definition) is 6. The maximum absolute atomic E-state index is 5.84. The molecule has 2 heterocycles. The predicted molar refractivity (Wildman–Crippen MR) is 92.4 cm³/mol. The molecule has 0 bridgehead atoms. The van der Waals surface area contributed by atoms with Gasteiger partial charge in [0.15, 0.2) is 5.82 Å². The highest BCUT2D eigenvalue weighted by molar-refractivity contribution is 5.62. The molecule has 2 aromatic rings. The van der Waals surface area contributed by atoms with Gasteiger partial charge in [0, 0.05) is 49.2 Å². The molecule has 0 saturated carbocycles. The molecule has 0 atom stereocenters. The summed E-state index contributed by atoms with van der Waals surface area (Å²) in [4.78, 5) is 11.5. The second-order valence-corrected chi connectivity index (χ2v) is 5.73. The molecule has 1 saturated heterocycles. The number of rotatable bonds is 5. The number of ether oxygens (including phenoxy) is 1. The number of benzene rings is 1. The van der Waals surface area contributed by atoms with E-state index in [0.717, 1.165) is 56.3 Å². The molecule has 0 radical (unpaired) electrons. The minimum atomic E-state index is 0.691. The zero-order chi connectivity index (χ0) is 16.1. The fourth-order valence-corrected chi connectivity index (χ4v) is 2.60. The first-order valence-corrected chi connectivity index (χ1v) is 7.96. The molecule has 23 heavy (non-hydrogen) atoms. The van der Waals surface area contributed by atoms with Crippen molar-refractivity contribution < 1.29 is 4.74 Å². The Morgan fingerprint density at radius 1 is 1.30 bits per heavy atom. The monoisotopic (exact) mass is 313 g/mol. The number of morpholine rings is 1. The summed E-state index contributed by atoms with van der Waals surface area (Å²) in [5, 5.41) is 3.42. The lowest BCUT2D eigenvalue weighted by atomic mass is 10.2. The first-order chi connectivity index (χ1) is 11.2. The Labute approximate surface area is 136 Å². The summed E-state index contributed by atoms with van der Waals surface area (Å²) >= 11 is 0. The number of aromatic nitrogens is 2. The zero-order valence-electron chi connectivity index (χ0n) is 13.5. The highest BCUT2D eigenvalue weighted by atomic mass is 16.5. The largest absolute Gasteiger partial charge is 0.399 e. The van der Waals surface area contributed by atoms with Crippen molar-refractivity contribution in [3.63, 3.8) is 0 Å². The topological polar surface area (TPSA) is 76.3 Å². The normalized spacial score (nSPS) is 15.5. The lowest BCUT2D eigenvalue weighted by molar-refractivity contribution is 0.0398. The Balaban J connectivity index is 1.65. The highest BCUT2D eigenvalue weighted by Crippen LogP contribution is 2.20. The molecule has 0 aliphatic carbocycles. The molecule has 0 unspecified atom stereocenters. The highest BCUT2D eigenvalue weighted by Gasteiger charge is 2.10. The van der Waals surface area contributed by atoms with Crippen molar-refractivity contribution in [2.24, 2.45) is 0 Å². The SMILES string of the molecule is Cc1cnc(-c2cccc(N)c2)nc1NCCN1CCOCC1. The maximum atomic E-state index is 5.84. The van der Waals surface area contributed by atoms with E-state index in [1.807, 2.05) is 37.4 Å². The van der Waals surface area contributed by atoms with Crippen LogP contribution in [0.4, 0.5) is 11.5 Å². The van der Waals surface area contributed by atoms with Gasteiger partial charge in [0.2, 0.25) is 0 Å². The number of anilines is 2. The van der Waals surface area contributed by atoms with Crippen LogP contribution in [0.2, 0.25) is 0 Å². The molecule has 6 heteroatoms. The summed E-state index contributed by atoms with van der Waals surface area (Å²) in [5.41, 5.74) is 8.53. The number of aryl methyl sites for hydroxylation is 1. The molecular weight excluding hydrogens is 290 g/mol. The fraction of sp³-hybridized carbons (Fsp3) is 0.412. The summed E-state index contributed by atoms with van der Waals surface area (Å²) < 4.78 is 5.36. The molecule has 1 fully saturated rings. The van der Waals surface area contributed by atoms with Crippen LogP contribution in [0.3, 0.4) is 0 Å². The minimum Gasteiger partial charge on any atom is -0.399 e. The summed E-state index contributed by atoms with van der Waals surface area (Å²) in [5.74, 6) is 1.57. The van der Waals surface area contributed by atoms with Gasteiger partial charge in [-0.3, -0.25) is 4.90 Å². The quantitative estimate of drug-likeness (QED) is 0.820. The third-order valence-electron chi connectivity index (χ3n) is 3.94. The van der Waals surface area contributed by atoms with E-state index in [-0.39, 0.29) is 0 Å². The number of hydrogen-bond donors (Lipinski definition) is 2. The molecule has 0 amide bonds. The summed E-state index contributed by atoms with van der Waals surface area (Å²) in [6.07, 6.45) is 1.85. The summed E-state index contributed by atoms with van der Waals surface area (Å²) in [6.45, 7) is 7.50. The molecule has 6 nitrogen and oxygen atoms in total. The van der Waals surface area contributed by atoms with E-state index >= 15 is 0 Å². The molecule has 3 N–H and O–H groups in total. The average Bonchev–Trinajstić information content (AvgIpc) is 2.57. The Morgan fingerprint density at radius 3 is 2.91 bits per heavy atom. The standard InChI is InChI=1S/C17H23N5O/c1-13-12-20-17(14-3-2-4-15(18)11-14)21-16(13)19-5-6-22-7-9-23-10-8-22/h2-4,11-12H,5-10,18H2,1H3,(H,19,20,21). The van der Waals surface area contributed by atoms with E-state index in [2.05, 4.69) is 20.2 Å². The third kappa shape index (κ3) is 4.18. The van der Waals surface area contributed by atoms with Gasteiger partial charge >= 0.3 is 0 Å². The minimum absolute atomic E-state index is 0.691. The lowest BCUT2D eigenvalue weighted by Crippen LogP contribution is -2.39. The average molecular weight is 313 g/mol. The molecule has 0 spiro atoms. The van der Waals surface area contributed by atoms with Gasteiger partial charge < -0.3 is 15.8 Å². The number of nitrogens with zero attached hydrogens (tertiary/aromatic N) is 3. The van der Waals surface area contributed by atoms with E-state index < -0.39 is 0 Å². The molecule has 122 valence electrons. The van der Waals surface area contributed by atoms with E-state index in [1.54, 1.807) is 0 Å². The van der Waals surface area contributed by atoms with Gasteiger partial charge in [-0.25, -0.2) is 9.97 Å². The smallest absolute Gasteiger partial charge is 0.161 e. The Hall–Kier alpha value is -2.18. The molecule has 1 aromatic carbocycles. The van der Waals surface area contributed by atoms with Gasteiger partial charge in [-0.15, -0.1) is 0 Å². The summed E-state index contributed by atoms with van der Waals surface area (Å²) in [6, 6.07) is 7.64. The van der Waals surface area contributed by atoms with Crippen molar-refractivity contribution in [1.82, 2.24) is 14.9 Å². The van der Waals surface area contributed by atoms with Crippen LogP contribution in [0.25, 0.3) is 11.4 Å². The van der Waals surface area contributed by atoms with E-state index in [1.165, 1.54) is 0 Å². The maximum Gasteiger partial charge on any atom is 0.161 e. The fourth-order valence-electron chi connectivity index (χ4n) is 2.60. The van der Waals surface area contributed by atoms with Crippen LogP contribution in [-0.2, 0) is 4.74 Å². The van der Waals surface area contributed by atoms with Crippen LogP contribution in [0.5, 0.6) is 0 Å². The van der Waals surface area contributed by atoms with E-state index in [4.69, 9.17) is 10.5 Å². The Kier molecular flexibility index (Phi) is 5.05. The van der Waals surface area contributed by atoms with Crippen molar-refractivity contribution in [2.75, 3.05) is 50.4 Å². The molecule has 1 aliphatic heterocycles. The molecule has 3 rings (SSSR count). The van der Waals surface area contributed by atoms with Gasteiger partial charge in [0.1, 0.15) is 5.82 Å². The number of nitrogens with one attached hydrogen (secondary N) is 1. The van der Waals surface area contributed by atoms with Gasteiger partial charge in [0.05, 0.1) is 13.2 Å². The lowest BCUT2D eigenvalue weighted by Gasteiger charge is -2.26. The molecule has 1 aromatic heterocycles. The number of nitrogens with two attached hydrogens (primary N) is 1. The van der Waals surface area contributed by atoms with Gasteiger partial charge in [0.25, 0.3) is 0 Å². The van der Waals surface area contributed by atoms with Crippen molar-refractivity contribution in [3.05, 3.63) is 36.0 Å². The Bertz CT molecular complexity index is 655. The number of nitrogen functional groups attached to an aromatic ring is 1.